The summed E-state index contributed by atoms with van der Waals surface area (Å²) in [7, 11) is 0. The molecule has 0 saturated heterocycles. The number of hydrogen-bond acceptors (Lipinski definition) is 2. The highest BCUT2D eigenvalue weighted by molar-refractivity contribution is 6.30. The van der Waals surface area contributed by atoms with Gasteiger partial charge < -0.3 is 5.32 Å². The lowest BCUT2D eigenvalue weighted by Gasteiger charge is -2.07. The van der Waals surface area contributed by atoms with Gasteiger partial charge in [0.05, 0.1) is 11.0 Å². The molecule has 1 aromatic heterocycles. The number of aromatic nitrogens is 2. The molecule has 0 saturated carbocycles. The maximum absolute atomic E-state index is 12.7. The lowest BCUT2D eigenvalue weighted by atomic mass is 10.2. The lowest BCUT2D eigenvalue weighted by Crippen LogP contribution is -2.28. The van der Waals surface area contributed by atoms with Crippen LogP contribution in [-0.4, -0.2) is 15.0 Å². The van der Waals surface area contributed by atoms with E-state index in [-0.39, 0.29) is 18.0 Å². The van der Waals surface area contributed by atoms with Gasteiger partial charge in [-0.1, -0.05) is 42.8 Å². The fourth-order valence-electron chi connectivity index (χ4n) is 3.08. The van der Waals surface area contributed by atoms with Crippen LogP contribution >= 0.6 is 11.6 Å². The molecule has 5 nitrogen and oxygen atoms in total. The van der Waals surface area contributed by atoms with Crippen molar-refractivity contribution < 1.29 is 4.79 Å². The van der Waals surface area contributed by atoms with Gasteiger partial charge in [0.25, 0.3) is 0 Å². The number of nitrogens with one attached hydrogen (secondary N) is 1. The van der Waals surface area contributed by atoms with Crippen LogP contribution in [0.2, 0.25) is 5.02 Å². The van der Waals surface area contributed by atoms with Crippen LogP contribution in [-0.2, 0) is 24.4 Å². The number of benzene rings is 2. The van der Waals surface area contributed by atoms with Crippen molar-refractivity contribution in [2.45, 2.75) is 39.4 Å². The van der Waals surface area contributed by atoms with E-state index in [1.54, 1.807) is 15.2 Å². The van der Waals surface area contributed by atoms with Gasteiger partial charge in [0, 0.05) is 31.1 Å². The van der Waals surface area contributed by atoms with Gasteiger partial charge in [-0.05, 0) is 36.2 Å². The Hall–Kier alpha value is -2.53. The van der Waals surface area contributed by atoms with Crippen LogP contribution in [0.4, 0.5) is 0 Å². The smallest absolute Gasteiger partial charge is 0.329 e. The molecular formula is C20H22ClN3O2. The monoisotopic (exact) mass is 371 g/mol. The molecule has 0 aliphatic rings. The third kappa shape index (κ3) is 3.99. The Morgan fingerprint density at radius 2 is 1.73 bits per heavy atom. The molecule has 1 heterocycles. The van der Waals surface area contributed by atoms with Gasteiger partial charge in [-0.2, -0.15) is 0 Å². The summed E-state index contributed by atoms with van der Waals surface area (Å²) < 4.78 is 3.46. The first-order valence-corrected chi connectivity index (χ1v) is 9.17. The van der Waals surface area contributed by atoms with E-state index in [0.717, 1.165) is 23.0 Å². The minimum absolute atomic E-state index is 0.0595. The maximum atomic E-state index is 12.7. The minimum Gasteiger partial charge on any atom is -0.352 e. The molecule has 2 aromatic carbocycles. The van der Waals surface area contributed by atoms with Crippen LogP contribution in [0.15, 0.2) is 53.3 Å². The molecule has 0 bridgehead atoms. The summed E-state index contributed by atoms with van der Waals surface area (Å²) in [6, 6.07) is 15.1. The average molecular weight is 372 g/mol. The molecule has 26 heavy (non-hydrogen) atoms. The molecule has 0 spiro atoms. The van der Waals surface area contributed by atoms with Crippen LogP contribution in [0, 0.1) is 0 Å². The molecule has 1 amide bonds. The number of halogens is 1. The summed E-state index contributed by atoms with van der Waals surface area (Å²) >= 11 is 5.95. The first kappa shape index (κ1) is 18.3. The number of nitrogens with zero attached hydrogens (tertiary/aromatic N) is 2. The molecule has 3 aromatic rings. The first-order valence-electron chi connectivity index (χ1n) is 8.79. The number of imidazole rings is 1. The Labute approximate surface area is 157 Å². The maximum Gasteiger partial charge on any atom is 0.329 e. The van der Waals surface area contributed by atoms with E-state index in [1.807, 2.05) is 49.4 Å². The molecule has 0 radical (unpaired) electrons. The van der Waals surface area contributed by atoms with Crippen molar-refractivity contribution in [3.63, 3.8) is 0 Å². The second-order valence-electron chi connectivity index (χ2n) is 6.23. The first-order chi connectivity index (χ1) is 12.6. The van der Waals surface area contributed by atoms with Gasteiger partial charge >= 0.3 is 5.69 Å². The van der Waals surface area contributed by atoms with E-state index in [1.165, 1.54) is 0 Å². The lowest BCUT2D eigenvalue weighted by molar-refractivity contribution is -0.121. The molecule has 0 aliphatic carbocycles. The van der Waals surface area contributed by atoms with Crippen molar-refractivity contribution in [2.75, 3.05) is 0 Å². The largest absolute Gasteiger partial charge is 0.352 e. The third-order valence-electron chi connectivity index (χ3n) is 4.31. The number of carbonyl (C=O) groups excluding carboxylic acids is 1. The third-order valence-corrected chi connectivity index (χ3v) is 4.55. The van der Waals surface area contributed by atoms with Crippen molar-refractivity contribution in [1.82, 2.24) is 14.5 Å². The number of hydrogen-bond donors (Lipinski definition) is 1. The Balaban J connectivity index is 1.68. The molecule has 1 N–H and O–H groups in total. The number of aryl methyl sites for hydroxylation is 2. The molecule has 3 rings (SSSR count). The van der Waals surface area contributed by atoms with Crippen LogP contribution in [0.25, 0.3) is 11.0 Å². The number of carbonyl (C=O) groups is 1. The van der Waals surface area contributed by atoms with Gasteiger partial charge in [0.15, 0.2) is 0 Å². The van der Waals surface area contributed by atoms with Gasteiger partial charge in [-0.15, -0.1) is 0 Å². The highest BCUT2D eigenvalue weighted by Gasteiger charge is 2.13. The van der Waals surface area contributed by atoms with Gasteiger partial charge in [0.1, 0.15) is 0 Å². The van der Waals surface area contributed by atoms with E-state index in [9.17, 15) is 9.59 Å². The van der Waals surface area contributed by atoms with Crippen molar-refractivity contribution in [1.29, 1.82) is 0 Å². The van der Waals surface area contributed by atoms with Crippen molar-refractivity contribution in [2.24, 2.45) is 0 Å². The predicted molar refractivity (Wildman–Crippen MR) is 104 cm³/mol. The molecule has 0 atom stereocenters. The zero-order valence-corrected chi connectivity index (χ0v) is 15.5. The van der Waals surface area contributed by atoms with E-state index in [2.05, 4.69) is 5.32 Å². The van der Waals surface area contributed by atoms with Crippen molar-refractivity contribution in [3.05, 3.63) is 69.6 Å². The number of fused-ring (bicyclic) bond motifs is 1. The van der Waals surface area contributed by atoms with Crippen LogP contribution in [0.3, 0.4) is 0 Å². The summed E-state index contributed by atoms with van der Waals surface area (Å²) in [5, 5.41) is 3.52. The molecular weight excluding hydrogens is 350 g/mol. The van der Waals surface area contributed by atoms with E-state index < -0.39 is 0 Å². The Morgan fingerprint density at radius 3 is 2.38 bits per heavy atom. The zero-order chi connectivity index (χ0) is 18.5. The second-order valence-corrected chi connectivity index (χ2v) is 6.67. The van der Waals surface area contributed by atoms with Crippen LogP contribution < -0.4 is 11.0 Å². The van der Waals surface area contributed by atoms with Crippen LogP contribution in [0.1, 0.15) is 25.3 Å². The van der Waals surface area contributed by atoms with Gasteiger partial charge in [-0.3, -0.25) is 13.9 Å². The standard InChI is InChI=1S/C20H22ClN3O2/c1-2-11-23-17-8-3-4-9-18(17)24(20(23)26)12-10-19(25)22-14-15-6-5-7-16(21)13-15/h3-9,13H,2,10-12,14H2,1H3,(H,22,25). The SMILES string of the molecule is CCCn1c(=O)n(CCC(=O)NCc2cccc(Cl)c2)c2ccccc21. The highest BCUT2D eigenvalue weighted by atomic mass is 35.5. The zero-order valence-electron chi connectivity index (χ0n) is 14.7. The predicted octanol–water partition coefficient (Wildman–Crippen LogP) is 3.57. The van der Waals surface area contributed by atoms with Gasteiger partial charge in [0.2, 0.25) is 5.91 Å². The summed E-state index contributed by atoms with van der Waals surface area (Å²) in [6.45, 7) is 3.50. The van der Waals surface area contributed by atoms with Crippen molar-refractivity contribution in [3.8, 4) is 0 Å². The summed E-state index contributed by atoms with van der Waals surface area (Å²) in [4.78, 5) is 24.9. The van der Waals surface area contributed by atoms with Crippen molar-refractivity contribution >= 4 is 28.5 Å². The normalized spacial score (nSPS) is 11.0. The Morgan fingerprint density at radius 1 is 1.04 bits per heavy atom. The highest BCUT2D eigenvalue weighted by Crippen LogP contribution is 2.14. The quantitative estimate of drug-likeness (QED) is 0.690. The summed E-state index contributed by atoms with van der Waals surface area (Å²) in [5.74, 6) is -0.0933. The van der Waals surface area contributed by atoms with E-state index in [0.29, 0.717) is 24.7 Å². The molecule has 0 aliphatic heterocycles. The molecule has 6 heteroatoms. The van der Waals surface area contributed by atoms with E-state index in [4.69, 9.17) is 11.6 Å². The molecule has 0 fully saturated rings. The van der Waals surface area contributed by atoms with Gasteiger partial charge in [-0.25, -0.2) is 4.79 Å². The fourth-order valence-corrected chi connectivity index (χ4v) is 3.29. The minimum atomic E-state index is -0.0933. The Bertz CT molecular complexity index is 975. The molecule has 0 unspecified atom stereocenters. The van der Waals surface area contributed by atoms with E-state index >= 15 is 0 Å². The number of rotatable bonds is 7. The number of amides is 1. The second kappa shape index (κ2) is 8.23. The topological polar surface area (TPSA) is 56.0 Å². The van der Waals surface area contributed by atoms with Crippen LogP contribution in [0.5, 0.6) is 0 Å². The molecule has 136 valence electrons. The Kier molecular flexibility index (Phi) is 5.78. The summed E-state index contributed by atoms with van der Waals surface area (Å²) in [6.07, 6.45) is 1.13. The number of para-hydroxylation sites is 2. The summed E-state index contributed by atoms with van der Waals surface area (Å²) in [5.41, 5.74) is 2.67. The average Bonchev–Trinajstić information content (AvgIpc) is 2.90. The fraction of sp³-hybridized carbons (Fsp3) is 0.300.